The molecule has 0 aliphatic carbocycles. The summed E-state index contributed by atoms with van der Waals surface area (Å²) < 4.78 is 30.1. The van der Waals surface area contributed by atoms with Crippen molar-refractivity contribution in [3.05, 3.63) is 58.5 Å². The molecule has 0 radical (unpaired) electrons. The van der Waals surface area contributed by atoms with E-state index in [9.17, 15) is 8.42 Å². The molecule has 21 heavy (non-hydrogen) atoms. The highest BCUT2D eigenvalue weighted by atomic mass is 32.2. The minimum absolute atomic E-state index is 0.0393. The van der Waals surface area contributed by atoms with Gasteiger partial charge >= 0.3 is 0 Å². The van der Waals surface area contributed by atoms with E-state index < -0.39 is 9.84 Å². The predicted molar refractivity (Wildman–Crippen MR) is 83.7 cm³/mol. The number of aryl methyl sites for hydroxylation is 2. The lowest BCUT2D eigenvalue weighted by molar-refractivity contribution is 0.465. The number of benzene rings is 1. The van der Waals surface area contributed by atoms with E-state index in [0.717, 1.165) is 22.5 Å². The Balaban J connectivity index is 2.10. The maximum Gasteiger partial charge on any atom is 0.161 e. The highest BCUT2D eigenvalue weighted by Crippen LogP contribution is 2.17. The van der Waals surface area contributed by atoms with Gasteiger partial charge in [-0.25, -0.2) is 8.42 Å². The lowest BCUT2D eigenvalue weighted by atomic mass is 10.1. The molecule has 0 spiro atoms. The van der Waals surface area contributed by atoms with Gasteiger partial charge in [0.2, 0.25) is 0 Å². The van der Waals surface area contributed by atoms with E-state index in [-0.39, 0.29) is 11.5 Å². The summed E-state index contributed by atoms with van der Waals surface area (Å²) in [5.74, 6) is 1.21. The molecular formula is C16H21NO3S. The van der Waals surface area contributed by atoms with Gasteiger partial charge in [-0.2, -0.15) is 0 Å². The smallest absolute Gasteiger partial charge is 0.161 e. The molecule has 2 aromatic rings. The monoisotopic (exact) mass is 307 g/mol. The van der Waals surface area contributed by atoms with Crippen LogP contribution in [0.4, 0.5) is 0 Å². The predicted octanol–water partition coefficient (Wildman–Crippen LogP) is 2.73. The molecule has 1 aromatic heterocycles. The van der Waals surface area contributed by atoms with Crippen LogP contribution in [-0.4, -0.2) is 15.5 Å². The Labute approximate surface area is 126 Å². The van der Waals surface area contributed by atoms with Gasteiger partial charge in [-0.15, -0.1) is 0 Å². The zero-order valence-corrected chi connectivity index (χ0v) is 13.5. The standard InChI is InChI=1S/C16H21NO3S/c1-12-6-13(2)8-14(7-12)10-21(18,19)11-16-5-4-15(20-16)9-17-3/h4-8,17H,9-11H2,1-3H3. The van der Waals surface area contributed by atoms with Crippen molar-refractivity contribution in [2.75, 3.05) is 7.05 Å². The normalized spacial score (nSPS) is 11.8. The molecule has 0 aliphatic heterocycles. The lowest BCUT2D eigenvalue weighted by Crippen LogP contribution is -2.08. The Hall–Kier alpha value is -1.59. The van der Waals surface area contributed by atoms with Crippen LogP contribution in [0.3, 0.4) is 0 Å². The SMILES string of the molecule is CNCc1ccc(CS(=O)(=O)Cc2cc(C)cc(C)c2)o1. The van der Waals surface area contributed by atoms with E-state index >= 15 is 0 Å². The summed E-state index contributed by atoms with van der Waals surface area (Å²) in [6.07, 6.45) is 0. The van der Waals surface area contributed by atoms with E-state index in [1.54, 1.807) is 12.1 Å². The second-order valence-corrected chi connectivity index (χ2v) is 7.49. The van der Waals surface area contributed by atoms with Crippen LogP contribution in [0.1, 0.15) is 28.2 Å². The maximum atomic E-state index is 12.3. The molecule has 5 heteroatoms. The van der Waals surface area contributed by atoms with Gasteiger partial charge in [0, 0.05) is 0 Å². The van der Waals surface area contributed by atoms with Crippen LogP contribution in [0.25, 0.3) is 0 Å². The highest BCUT2D eigenvalue weighted by Gasteiger charge is 2.16. The second kappa shape index (κ2) is 6.45. The minimum atomic E-state index is -3.24. The van der Waals surface area contributed by atoms with Crippen LogP contribution in [0.15, 0.2) is 34.7 Å². The van der Waals surface area contributed by atoms with Crippen molar-refractivity contribution in [2.45, 2.75) is 31.9 Å². The summed E-state index contributed by atoms with van der Waals surface area (Å²) in [5.41, 5.74) is 2.98. The molecule has 114 valence electrons. The molecule has 0 fully saturated rings. The van der Waals surface area contributed by atoms with Gasteiger partial charge in [0.1, 0.15) is 17.3 Å². The van der Waals surface area contributed by atoms with Gasteiger partial charge in [0.05, 0.1) is 12.3 Å². The van der Waals surface area contributed by atoms with Crippen LogP contribution in [0, 0.1) is 13.8 Å². The fourth-order valence-corrected chi connectivity index (χ4v) is 3.81. The minimum Gasteiger partial charge on any atom is -0.464 e. The molecule has 2 rings (SSSR count). The average molecular weight is 307 g/mol. The Morgan fingerprint density at radius 3 is 2.24 bits per heavy atom. The molecule has 0 bridgehead atoms. The number of furan rings is 1. The van der Waals surface area contributed by atoms with Crippen LogP contribution in [-0.2, 0) is 27.9 Å². The molecule has 4 nitrogen and oxygen atoms in total. The number of nitrogens with one attached hydrogen (secondary N) is 1. The molecule has 1 N–H and O–H groups in total. The molecular weight excluding hydrogens is 286 g/mol. The topological polar surface area (TPSA) is 59.3 Å². The van der Waals surface area contributed by atoms with Gasteiger partial charge in [-0.05, 0) is 38.6 Å². The zero-order chi connectivity index (χ0) is 15.5. The second-order valence-electron chi connectivity index (χ2n) is 5.43. The molecule has 0 unspecified atom stereocenters. The maximum absolute atomic E-state index is 12.3. The number of rotatable bonds is 6. The number of sulfone groups is 1. The summed E-state index contributed by atoms with van der Waals surface area (Å²) >= 11 is 0. The first kappa shape index (κ1) is 15.8. The number of hydrogen-bond acceptors (Lipinski definition) is 4. The van der Waals surface area contributed by atoms with E-state index in [4.69, 9.17) is 4.42 Å². The Morgan fingerprint density at radius 2 is 1.62 bits per heavy atom. The Morgan fingerprint density at radius 1 is 1.00 bits per heavy atom. The largest absolute Gasteiger partial charge is 0.464 e. The van der Waals surface area contributed by atoms with Gasteiger partial charge in [0.15, 0.2) is 9.84 Å². The zero-order valence-electron chi connectivity index (χ0n) is 12.6. The fourth-order valence-electron chi connectivity index (χ4n) is 2.44. The summed E-state index contributed by atoms with van der Waals surface area (Å²) in [7, 11) is -1.42. The van der Waals surface area contributed by atoms with Gasteiger partial charge in [-0.1, -0.05) is 29.3 Å². The van der Waals surface area contributed by atoms with Crippen molar-refractivity contribution in [2.24, 2.45) is 0 Å². The van der Waals surface area contributed by atoms with E-state index in [1.165, 1.54) is 0 Å². The third-order valence-electron chi connectivity index (χ3n) is 3.10. The van der Waals surface area contributed by atoms with E-state index in [0.29, 0.717) is 12.3 Å². The van der Waals surface area contributed by atoms with Gasteiger partial charge in [0.25, 0.3) is 0 Å². The first-order valence-corrected chi connectivity index (χ1v) is 8.70. The average Bonchev–Trinajstić information content (AvgIpc) is 2.73. The van der Waals surface area contributed by atoms with Crippen LogP contribution in [0.2, 0.25) is 0 Å². The third-order valence-corrected chi connectivity index (χ3v) is 4.60. The first-order valence-electron chi connectivity index (χ1n) is 6.88. The van der Waals surface area contributed by atoms with Crippen molar-refractivity contribution in [1.82, 2.24) is 5.32 Å². The summed E-state index contributed by atoms with van der Waals surface area (Å²) in [4.78, 5) is 0. The van der Waals surface area contributed by atoms with Crippen molar-refractivity contribution in [3.63, 3.8) is 0 Å². The van der Waals surface area contributed by atoms with Crippen molar-refractivity contribution in [1.29, 1.82) is 0 Å². The Kier molecular flexibility index (Phi) is 4.85. The summed E-state index contributed by atoms with van der Waals surface area (Å²) in [5, 5.41) is 2.97. The van der Waals surface area contributed by atoms with Crippen LogP contribution in [0.5, 0.6) is 0 Å². The highest BCUT2D eigenvalue weighted by molar-refractivity contribution is 7.89. The van der Waals surface area contributed by atoms with E-state index in [2.05, 4.69) is 5.32 Å². The summed E-state index contributed by atoms with van der Waals surface area (Å²) in [6, 6.07) is 9.40. The van der Waals surface area contributed by atoms with Crippen molar-refractivity contribution < 1.29 is 12.8 Å². The number of hydrogen-bond donors (Lipinski definition) is 1. The first-order chi connectivity index (χ1) is 9.88. The molecule has 0 saturated heterocycles. The lowest BCUT2D eigenvalue weighted by Gasteiger charge is -2.06. The third kappa shape index (κ3) is 4.72. The van der Waals surface area contributed by atoms with Crippen molar-refractivity contribution >= 4 is 9.84 Å². The molecule has 1 aromatic carbocycles. The molecule has 0 aliphatic rings. The Bertz CT molecular complexity index is 697. The molecule has 1 heterocycles. The van der Waals surface area contributed by atoms with Gasteiger partial charge in [-0.3, -0.25) is 0 Å². The van der Waals surface area contributed by atoms with Gasteiger partial charge < -0.3 is 9.73 Å². The van der Waals surface area contributed by atoms with Crippen LogP contribution < -0.4 is 5.32 Å². The molecule has 0 saturated carbocycles. The quantitative estimate of drug-likeness (QED) is 0.891. The molecule has 0 amide bonds. The summed E-state index contributed by atoms with van der Waals surface area (Å²) in [6.45, 7) is 4.54. The molecule has 0 atom stereocenters. The van der Waals surface area contributed by atoms with Crippen LogP contribution >= 0.6 is 0 Å². The fraction of sp³-hybridized carbons (Fsp3) is 0.375. The van der Waals surface area contributed by atoms with Crippen molar-refractivity contribution in [3.8, 4) is 0 Å². The van der Waals surface area contributed by atoms with E-state index in [1.807, 2.05) is 39.1 Å².